The Bertz CT molecular complexity index is 341. The summed E-state index contributed by atoms with van der Waals surface area (Å²) in [5.74, 6) is 0. The lowest BCUT2D eigenvalue weighted by atomic mass is 10.2. The molecule has 0 radical (unpaired) electrons. The van der Waals surface area contributed by atoms with E-state index in [-0.39, 0.29) is 0 Å². The van der Waals surface area contributed by atoms with Gasteiger partial charge in [0.25, 0.3) is 0 Å². The van der Waals surface area contributed by atoms with E-state index in [1.807, 2.05) is 6.07 Å². The first-order chi connectivity index (χ1) is 7.58. The number of hydrogen-bond donors (Lipinski definition) is 0. The van der Waals surface area contributed by atoms with E-state index in [9.17, 15) is 0 Å². The highest BCUT2D eigenvalue weighted by atomic mass is 28.3. The number of unbranched alkanes of at least 4 members (excludes halogenated alkanes) is 1. The van der Waals surface area contributed by atoms with Gasteiger partial charge in [0.05, 0.1) is 8.07 Å². The van der Waals surface area contributed by atoms with Gasteiger partial charge in [-0.2, -0.15) is 0 Å². The van der Waals surface area contributed by atoms with Crippen molar-refractivity contribution < 1.29 is 0 Å². The minimum absolute atomic E-state index is 0.986. The Hall–Kier alpha value is -1.08. The largest absolute Gasteiger partial charge is 0.0989 e. The predicted molar refractivity (Wildman–Crippen MR) is 77.2 cm³/mol. The first-order valence-electron chi connectivity index (χ1n) is 5.97. The molecule has 0 aromatic heterocycles. The topological polar surface area (TPSA) is 0 Å². The second kappa shape index (κ2) is 6.49. The highest BCUT2D eigenvalue weighted by molar-refractivity contribution is 6.80. The van der Waals surface area contributed by atoms with Crippen molar-refractivity contribution in [1.29, 1.82) is 0 Å². The monoisotopic (exact) mass is 230 g/mol. The van der Waals surface area contributed by atoms with Gasteiger partial charge in [-0.05, 0) is 18.4 Å². The molecule has 0 N–H and O–H groups in total. The Labute approximate surface area is 101 Å². The third-order valence-corrected chi connectivity index (χ3v) is 3.46. The van der Waals surface area contributed by atoms with Crippen molar-refractivity contribution in [3.05, 3.63) is 53.7 Å². The lowest BCUT2D eigenvalue weighted by Gasteiger charge is -2.07. The van der Waals surface area contributed by atoms with Crippen molar-refractivity contribution in [2.24, 2.45) is 0 Å². The van der Waals surface area contributed by atoms with Crippen LogP contribution in [0.4, 0.5) is 0 Å². The molecule has 1 rings (SSSR count). The van der Waals surface area contributed by atoms with Gasteiger partial charge < -0.3 is 0 Å². The van der Waals surface area contributed by atoms with Crippen molar-refractivity contribution in [1.82, 2.24) is 0 Å². The quantitative estimate of drug-likeness (QED) is 0.498. The summed E-state index contributed by atoms with van der Waals surface area (Å²) in [4.78, 5) is 0. The molecule has 1 aromatic carbocycles. The van der Waals surface area contributed by atoms with Crippen LogP contribution in [0.3, 0.4) is 0 Å². The molecule has 0 unspecified atom stereocenters. The molecule has 0 aliphatic heterocycles. The molecule has 1 aromatic rings. The molecule has 0 bridgehead atoms. The summed E-state index contributed by atoms with van der Waals surface area (Å²) >= 11 is 0. The second-order valence-corrected chi connectivity index (χ2v) is 10.2. The molecule has 0 heterocycles. The molecule has 0 fully saturated rings. The highest BCUT2D eigenvalue weighted by Crippen LogP contribution is 2.06. The van der Waals surface area contributed by atoms with E-state index in [1.54, 1.807) is 0 Å². The van der Waals surface area contributed by atoms with E-state index in [0.29, 0.717) is 0 Å². The Balaban J connectivity index is 2.26. The lowest BCUT2D eigenvalue weighted by molar-refractivity contribution is 1.06. The number of hydrogen-bond acceptors (Lipinski definition) is 0. The fourth-order valence-corrected chi connectivity index (χ4v) is 2.29. The van der Waals surface area contributed by atoms with Gasteiger partial charge in [-0.1, -0.05) is 73.9 Å². The molecular formula is C15H22Si. The van der Waals surface area contributed by atoms with Gasteiger partial charge in [-0.3, -0.25) is 0 Å². The molecule has 0 spiro atoms. The Morgan fingerprint density at radius 1 is 0.938 bits per heavy atom. The normalized spacial score (nSPS) is 12.7. The first kappa shape index (κ1) is 13.0. The third kappa shape index (κ3) is 6.41. The Morgan fingerprint density at radius 2 is 1.56 bits per heavy atom. The maximum Gasteiger partial charge on any atom is 0.0682 e. The second-order valence-electron chi connectivity index (χ2n) is 5.16. The third-order valence-electron chi connectivity index (χ3n) is 2.23. The van der Waals surface area contributed by atoms with Crippen LogP contribution in [0.2, 0.25) is 19.6 Å². The van der Waals surface area contributed by atoms with Crippen LogP contribution in [0.1, 0.15) is 18.4 Å². The van der Waals surface area contributed by atoms with Crippen LogP contribution in [0.5, 0.6) is 0 Å². The van der Waals surface area contributed by atoms with Crippen LogP contribution in [-0.2, 0) is 0 Å². The summed E-state index contributed by atoms with van der Waals surface area (Å²) in [6.07, 6.45) is 9.08. The number of allylic oxidation sites excluding steroid dienone is 2. The first-order valence-corrected chi connectivity index (χ1v) is 9.55. The van der Waals surface area contributed by atoms with Crippen LogP contribution in [0.15, 0.2) is 48.2 Å². The van der Waals surface area contributed by atoms with Crippen molar-refractivity contribution in [2.75, 3.05) is 0 Å². The molecular weight excluding hydrogens is 208 g/mol. The summed E-state index contributed by atoms with van der Waals surface area (Å²) in [6.45, 7) is 7.09. The Kier molecular flexibility index (Phi) is 5.27. The van der Waals surface area contributed by atoms with Gasteiger partial charge in [0, 0.05) is 0 Å². The maximum atomic E-state index is 2.42. The summed E-state index contributed by atoms with van der Waals surface area (Å²) in [7, 11) is -0.986. The van der Waals surface area contributed by atoms with E-state index >= 15 is 0 Å². The molecule has 0 amide bonds. The van der Waals surface area contributed by atoms with Crippen molar-refractivity contribution in [3.63, 3.8) is 0 Å². The van der Waals surface area contributed by atoms with Gasteiger partial charge in [-0.25, -0.2) is 0 Å². The molecule has 0 saturated carbocycles. The SMILES string of the molecule is C[Si](C)(C)/C=C/CC/C=C/c1ccccc1. The average Bonchev–Trinajstić information content (AvgIpc) is 2.23. The molecule has 0 aliphatic rings. The van der Waals surface area contributed by atoms with Crippen molar-refractivity contribution in [3.8, 4) is 0 Å². The summed E-state index contributed by atoms with van der Waals surface area (Å²) < 4.78 is 0. The summed E-state index contributed by atoms with van der Waals surface area (Å²) in [6, 6.07) is 10.5. The summed E-state index contributed by atoms with van der Waals surface area (Å²) in [5.41, 5.74) is 3.71. The zero-order valence-electron chi connectivity index (χ0n) is 10.6. The van der Waals surface area contributed by atoms with E-state index in [1.165, 1.54) is 5.56 Å². The predicted octanol–water partition coefficient (Wildman–Crippen LogP) is 4.91. The molecule has 1 heteroatoms. The van der Waals surface area contributed by atoms with Crippen LogP contribution in [-0.4, -0.2) is 8.07 Å². The van der Waals surface area contributed by atoms with E-state index in [0.717, 1.165) is 12.8 Å². The van der Waals surface area contributed by atoms with Gasteiger partial charge in [0.15, 0.2) is 0 Å². The smallest absolute Gasteiger partial charge is 0.0682 e. The lowest BCUT2D eigenvalue weighted by Crippen LogP contribution is -2.15. The van der Waals surface area contributed by atoms with E-state index in [2.05, 4.69) is 67.8 Å². The summed E-state index contributed by atoms with van der Waals surface area (Å²) in [5, 5.41) is 0. The Morgan fingerprint density at radius 3 is 2.19 bits per heavy atom. The van der Waals surface area contributed by atoms with Crippen molar-refractivity contribution in [2.45, 2.75) is 32.5 Å². The van der Waals surface area contributed by atoms with Crippen LogP contribution in [0.25, 0.3) is 6.08 Å². The standard InChI is InChI=1S/C15H22Si/c1-16(2,3)14-10-5-4-7-11-15-12-8-6-9-13-15/h6-14H,4-5H2,1-3H3/b11-7+,14-10+. The van der Waals surface area contributed by atoms with Crippen LogP contribution < -0.4 is 0 Å². The van der Waals surface area contributed by atoms with E-state index in [4.69, 9.17) is 0 Å². The molecule has 16 heavy (non-hydrogen) atoms. The van der Waals surface area contributed by atoms with Gasteiger partial charge >= 0.3 is 0 Å². The zero-order valence-corrected chi connectivity index (χ0v) is 11.6. The van der Waals surface area contributed by atoms with E-state index < -0.39 is 8.07 Å². The van der Waals surface area contributed by atoms with Crippen LogP contribution in [0, 0.1) is 0 Å². The highest BCUT2D eigenvalue weighted by Gasteiger charge is 2.05. The number of benzene rings is 1. The zero-order chi connectivity index (χ0) is 11.9. The van der Waals surface area contributed by atoms with Crippen molar-refractivity contribution >= 4 is 14.1 Å². The molecule has 0 nitrogen and oxygen atoms in total. The molecule has 0 saturated heterocycles. The minimum atomic E-state index is -0.986. The number of rotatable bonds is 5. The van der Waals surface area contributed by atoms with Crippen LogP contribution >= 0.6 is 0 Å². The van der Waals surface area contributed by atoms with Gasteiger partial charge in [0.2, 0.25) is 0 Å². The minimum Gasteiger partial charge on any atom is -0.0989 e. The average molecular weight is 230 g/mol. The molecule has 86 valence electrons. The fourth-order valence-electron chi connectivity index (χ4n) is 1.41. The van der Waals surface area contributed by atoms with Gasteiger partial charge in [-0.15, -0.1) is 0 Å². The van der Waals surface area contributed by atoms with Gasteiger partial charge in [0.1, 0.15) is 0 Å². The fraction of sp³-hybridized carbons (Fsp3) is 0.333. The maximum absolute atomic E-state index is 2.42. The molecule has 0 atom stereocenters. The molecule has 0 aliphatic carbocycles.